The lowest BCUT2D eigenvalue weighted by molar-refractivity contribution is -0.137. The molecule has 2 aromatic rings. The highest BCUT2D eigenvalue weighted by atomic mass is 19.4. The van der Waals surface area contributed by atoms with Crippen LogP contribution in [0.4, 0.5) is 24.5 Å². The van der Waals surface area contributed by atoms with Crippen LogP contribution < -0.4 is 4.90 Å². The second-order valence-electron chi connectivity index (χ2n) is 8.34. The summed E-state index contributed by atoms with van der Waals surface area (Å²) in [6.45, 7) is 0.583. The molecule has 0 saturated carbocycles. The highest BCUT2D eigenvalue weighted by Gasteiger charge is 2.61. The van der Waals surface area contributed by atoms with Gasteiger partial charge in [-0.3, -0.25) is 9.59 Å². The zero-order valence-electron chi connectivity index (χ0n) is 17.7. The molecular formula is C24H18F3N5O2. The van der Waals surface area contributed by atoms with Crippen LogP contribution in [0.2, 0.25) is 0 Å². The number of amides is 2. The molecule has 34 heavy (non-hydrogen) atoms. The maximum absolute atomic E-state index is 13.4. The van der Waals surface area contributed by atoms with Crippen LogP contribution in [0, 0.1) is 23.2 Å². The van der Waals surface area contributed by atoms with E-state index in [2.05, 4.69) is 10.2 Å². The van der Waals surface area contributed by atoms with E-state index in [-0.39, 0.29) is 23.3 Å². The van der Waals surface area contributed by atoms with Gasteiger partial charge in [0.25, 0.3) is 0 Å². The Morgan fingerprint density at radius 1 is 1.03 bits per heavy atom. The lowest BCUT2D eigenvalue weighted by Crippen LogP contribution is -2.37. The third-order valence-corrected chi connectivity index (χ3v) is 6.49. The van der Waals surface area contributed by atoms with Crippen molar-refractivity contribution in [1.82, 2.24) is 4.90 Å². The number of carbonyl (C=O) groups excluding carboxylic acids is 2. The van der Waals surface area contributed by atoms with E-state index in [1.807, 2.05) is 11.0 Å². The van der Waals surface area contributed by atoms with Crippen molar-refractivity contribution in [1.29, 1.82) is 5.26 Å². The molecule has 0 unspecified atom stereocenters. The summed E-state index contributed by atoms with van der Waals surface area (Å²) < 4.78 is 38.4. The van der Waals surface area contributed by atoms with Gasteiger partial charge in [-0.25, -0.2) is 4.90 Å². The van der Waals surface area contributed by atoms with E-state index >= 15 is 0 Å². The van der Waals surface area contributed by atoms with Gasteiger partial charge in [-0.05, 0) is 49.2 Å². The highest BCUT2D eigenvalue weighted by molar-refractivity contribution is 6.23. The van der Waals surface area contributed by atoms with Crippen LogP contribution in [0.25, 0.3) is 0 Å². The molecule has 2 amide bonds. The topological polar surface area (TPSA) is 89.1 Å². The van der Waals surface area contributed by atoms with Gasteiger partial charge in [0.15, 0.2) is 5.70 Å². The number of rotatable bonds is 3. The summed E-state index contributed by atoms with van der Waals surface area (Å²) in [5, 5.41) is 17.8. The maximum Gasteiger partial charge on any atom is 0.416 e. The number of azo groups is 1. The Morgan fingerprint density at radius 3 is 2.38 bits per heavy atom. The normalized spacial score (nSPS) is 25.6. The number of hydrogen-bond donors (Lipinski definition) is 0. The zero-order valence-corrected chi connectivity index (χ0v) is 17.7. The number of fused-ring (bicyclic) bond motifs is 3. The number of para-hydroxylation sites is 1. The fourth-order valence-electron chi connectivity index (χ4n) is 5.08. The molecule has 3 heterocycles. The highest BCUT2D eigenvalue weighted by Crippen LogP contribution is 2.50. The van der Waals surface area contributed by atoms with E-state index in [0.29, 0.717) is 24.4 Å². The summed E-state index contributed by atoms with van der Waals surface area (Å²) in [5.74, 6) is -2.18. The van der Waals surface area contributed by atoms with Gasteiger partial charge in [-0.2, -0.15) is 18.4 Å². The molecule has 0 radical (unpaired) electrons. The molecule has 2 aromatic carbocycles. The molecule has 0 aliphatic carbocycles. The smallest absolute Gasteiger partial charge is 0.368 e. The van der Waals surface area contributed by atoms with Crippen molar-refractivity contribution in [3.8, 4) is 6.07 Å². The quantitative estimate of drug-likeness (QED) is 0.370. The van der Waals surface area contributed by atoms with Crippen molar-refractivity contribution in [2.24, 2.45) is 22.1 Å². The number of alkyl halides is 3. The molecule has 5 rings (SSSR count). The molecule has 0 bridgehead atoms. The van der Waals surface area contributed by atoms with Gasteiger partial charge in [0.05, 0.1) is 34.5 Å². The molecule has 3 aliphatic heterocycles. The van der Waals surface area contributed by atoms with Crippen LogP contribution in [0.1, 0.15) is 18.4 Å². The monoisotopic (exact) mass is 465 g/mol. The Balaban J connectivity index is 1.52. The summed E-state index contributed by atoms with van der Waals surface area (Å²) in [4.78, 5) is 29.8. The summed E-state index contributed by atoms with van der Waals surface area (Å²) in [7, 11) is 0. The van der Waals surface area contributed by atoms with Crippen molar-refractivity contribution >= 4 is 23.2 Å². The number of nitriles is 1. The number of imide groups is 1. The van der Waals surface area contributed by atoms with Crippen molar-refractivity contribution in [3.63, 3.8) is 0 Å². The number of allylic oxidation sites excluding steroid dienone is 1. The molecule has 0 N–H and O–H groups in total. The fraction of sp³-hybridized carbons (Fsp3) is 0.292. The standard InChI is InChI=1S/C24H18F3N5O2/c25-24(26,27)14-8-10-15(11-9-14)29-30-17(13-28)21-20-19(18-7-4-12-31(18)21)22(33)32(23(20)34)16-5-2-1-3-6-16/h1-3,5-6,8-11,18-20H,4,7,12H2/b21-17-,30-29?/t18-,19+,20+/m0/s1. The van der Waals surface area contributed by atoms with E-state index in [4.69, 9.17) is 0 Å². The Labute approximate surface area is 192 Å². The Hall–Kier alpha value is -4.00. The summed E-state index contributed by atoms with van der Waals surface area (Å²) >= 11 is 0. The van der Waals surface area contributed by atoms with E-state index in [1.54, 1.807) is 30.3 Å². The molecule has 10 heteroatoms. The number of nitrogens with zero attached hydrogens (tertiary/aromatic N) is 5. The zero-order chi connectivity index (χ0) is 24.0. The van der Waals surface area contributed by atoms with E-state index < -0.39 is 29.5 Å². The number of carbonyl (C=O) groups is 2. The first-order chi connectivity index (χ1) is 16.3. The average molecular weight is 465 g/mol. The Bertz CT molecular complexity index is 1250. The minimum absolute atomic E-state index is 0.115. The van der Waals surface area contributed by atoms with Gasteiger partial charge in [0, 0.05) is 12.6 Å². The van der Waals surface area contributed by atoms with Gasteiger partial charge in [-0.15, -0.1) is 10.2 Å². The van der Waals surface area contributed by atoms with E-state index in [9.17, 15) is 28.0 Å². The van der Waals surface area contributed by atoms with Crippen molar-refractivity contribution in [3.05, 3.63) is 71.6 Å². The lowest BCUT2D eigenvalue weighted by atomic mass is 9.89. The van der Waals surface area contributed by atoms with E-state index in [0.717, 1.165) is 30.7 Å². The first-order valence-corrected chi connectivity index (χ1v) is 10.7. The van der Waals surface area contributed by atoms with Gasteiger partial charge in [0.1, 0.15) is 6.07 Å². The Kier molecular flexibility index (Phi) is 5.20. The van der Waals surface area contributed by atoms with Crippen molar-refractivity contribution < 1.29 is 22.8 Å². The van der Waals surface area contributed by atoms with Crippen molar-refractivity contribution in [2.45, 2.75) is 25.1 Å². The van der Waals surface area contributed by atoms with Crippen LogP contribution in [-0.2, 0) is 15.8 Å². The second-order valence-corrected chi connectivity index (χ2v) is 8.34. The van der Waals surface area contributed by atoms with Gasteiger partial charge in [-0.1, -0.05) is 18.2 Å². The van der Waals surface area contributed by atoms with Gasteiger partial charge >= 0.3 is 6.18 Å². The Morgan fingerprint density at radius 2 is 1.74 bits per heavy atom. The van der Waals surface area contributed by atoms with Crippen LogP contribution in [0.5, 0.6) is 0 Å². The molecule has 3 aliphatic rings. The number of anilines is 1. The van der Waals surface area contributed by atoms with Crippen LogP contribution in [-0.4, -0.2) is 29.3 Å². The average Bonchev–Trinajstić information content (AvgIpc) is 3.47. The maximum atomic E-state index is 13.4. The summed E-state index contributed by atoms with van der Waals surface area (Å²) in [6, 6.07) is 14.5. The fourth-order valence-corrected chi connectivity index (χ4v) is 5.08. The second kappa shape index (κ2) is 8.09. The predicted octanol–water partition coefficient (Wildman–Crippen LogP) is 4.81. The molecular weight excluding hydrogens is 447 g/mol. The lowest BCUT2D eigenvalue weighted by Gasteiger charge is -2.25. The number of hydrogen-bond acceptors (Lipinski definition) is 6. The number of halogens is 3. The molecule has 172 valence electrons. The minimum atomic E-state index is -4.47. The van der Waals surface area contributed by atoms with Gasteiger partial charge in [0.2, 0.25) is 11.8 Å². The molecule has 3 saturated heterocycles. The first-order valence-electron chi connectivity index (χ1n) is 10.7. The van der Waals surface area contributed by atoms with E-state index in [1.165, 1.54) is 4.90 Å². The summed E-state index contributed by atoms with van der Waals surface area (Å²) in [6.07, 6.45) is -2.96. The largest absolute Gasteiger partial charge is 0.416 e. The van der Waals surface area contributed by atoms with Crippen LogP contribution in [0.3, 0.4) is 0 Å². The third kappa shape index (κ3) is 3.44. The molecule has 0 aromatic heterocycles. The molecule has 3 fully saturated rings. The first kappa shape index (κ1) is 21.8. The minimum Gasteiger partial charge on any atom is -0.368 e. The third-order valence-electron chi connectivity index (χ3n) is 6.49. The van der Waals surface area contributed by atoms with Crippen LogP contribution >= 0.6 is 0 Å². The van der Waals surface area contributed by atoms with Crippen molar-refractivity contribution in [2.75, 3.05) is 11.4 Å². The molecule has 3 atom stereocenters. The molecule has 0 spiro atoms. The van der Waals surface area contributed by atoms with Gasteiger partial charge < -0.3 is 4.90 Å². The number of benzene rings is 2. The molecule has 7 nitrogen and oxygen atoms in total. The SMILES string of the molecule is N#C/C(N=Nc1ccc(C(F)(F)F)cc1)=C1\[C@@H]2C(=O)N(c3ccccc3)C(=O)[C@@H]2[C@@H]2CCCN12. The predicted molar refractivity (Wildman–Crippen MR) is 114 cm³/mol. The summed E-state index contributed by atoms with van der Waals surface area (Å²) in [5.41, 5.74) is 0.0343. The van der Waals surface area contributed by atoms with Crippen LogP contribution in [0.15, 0.2) is 76.2 Å².